The van der Waals surface area contributed by atoms with E-state index in [2.05, 4.69) is 5.32 Å². The van der Waals surface area contributed by atoms with Crippen molar-refractivity contribution in [1.82, 2.24) is 5.32 Å². The largest absolute Gasteiger partial charge is 0.481 e. The van der Waals surface area contributed by atoms with Crippen molar-refractivity contribution in [3.63, 3.8) is 0 Å². The number of carbonyl (C=O) groups excluding carboxylic acids is 2. The topological polar surface area (TPSA) is 92.7 Å². The fraction of sp³-hybridized carbons (Fsp3) is 0.800. The molecule has 2 atom stereocenters. The van der Waals surface area contributed by atoms with Gasteiger partial charge in [-0.15, -0.1) is 0 Å². The molecular weight excluding hydrogens is 274 g/mol. The molecule has 6 heteroatoms. The van der Waals surface area contributed by atoms with Gasteiger partial charge in [0.2, 0.25) is 5.91 Å². The number of methoxy groups -OCH3 is 1. The SMILES string of the molecule is CCC(C)C(NC(=O)CC1(C(=O)O)CCCC1)C(=O)OC. The normalized spacial score (nSPS) is 19.6. The minimum atomic E-state index is -0.972. The summed E-state index contributed by atoms with van der Waals surface area (Å²) in [6, 6.07) is -0.722. The van der Waals surface area contributed by atoms with Crippen LogP contribution < -0.4 is 5.32 Å². The summed E-state index contributed by atoms with van der Waals surface area (Å²) >= 11 is 0. The molecule has 6 nitrogen and oxygen atoms in total. The lowest BCUT2D eigenvalue weighted by Gasteiger charge is -2.26. The number of carboxylic acid groups (broad SMARTS) is 1. The van der Waals surface area contributed by atoms with E-state index in [1.807, 2.05) is 13.8 Å². The molecule has 2 N–H and O–H groups in total. The third kappa shape index (κ3) is 4.19. The highest BCUT2D eigenvalue weighted by atomic mass is 16.5. The Labute approximate surface area is 125 Å². The second-order valence-electron chi connectivity index (χ2n) is 5.92. The summed E-state index contributed by atoms with van der Waals surface area (Å²) in [6.45, 7) is 3.77. The number of hydrogen-bond donors (Lipinski definition) is 2. The van der Waals surface area contributed by atoms with E-state index >= 15 is 0 Å². The van der Waals surface area contributed by atoms with Crippen molar-refractivity contribution in [1.29, 1.82) is 0 Å². The molecule has 1 saturated carbocycles. The summed E-state index contributed by atoms with van der Waals surface area (Å²) in [5.41, 5.74) is -0.972. The molecule has 0 aromatic rings. The van der Waals surface area contributed by atoms with Crippen LogP contribution >= 0.6 is 0 Å². The number of nitrogens with one attached hydrogen (secondary N) is 1. The molecule has 0 radical (unpaired) electrons. The highest BCUT2D eigenvalue weighted by molar-refractivity contribution is 5.88. The highest BCUT2D eigenvalue weighted by Crippen LogP contribution is 2.41. The molecule has 1 amide bonds. The van der Waals surface area contributed by atoms with Gasteiger partial charge in [0.25, 0.3) is 0 Å². The minimum absolute atomic E-state index is 0.0641. The maximum atomic E-state index is 12.2. The van der Waals surface area contributed by atoms with Crippen molar-refractivity contribution in [2.24, 2.45) is 11.3 Å². The van der Waals surface area contributed by atoms with Crippen LogP contribution in [0.5, 0.6) is 0 Å². The van der Waals surface area contributed by atoms with Crippen molar-refractivity contribution >= 4 is 17.8 Å². The molecule has 0 aromatic carbocycles. The highest BCUT2D eigenvalue weighted by Gasteiger charge is 2.43. The van der Waals surface area contributed by atoms with Crippen LogP contribution in [0.2, 0.25) is 0 Å². The molecule has 1 fully saturated rings. The van der Waals surface area contributed by atoms with Gasteiger partial charge in [-0.25, -0.2) is 4.79 Å². The van der Waals surface area contributed by atoms with Crippen LogP contribution in [-0.4, -0.2) is 36.1 Å². The Kier molecular flexibility index (Phi) is 6.18. The van der Waals surface area contributed by atoms with Crippen molar-refractivity contribution in [3.8, 4) is 0 Å². The Morgan fingerprint density at radius 3 is 2.29 bits per heavy atom. The molecule has 2 unspecified atom stereocenters. The van der Waals surface area contributed by atoms with E-state index in [1.165, 1.54) is 7.11 Å². The van der Waals surface area contributed by atoms with Gasteiger partial charge in [-0.3, -0.25) is 9.59 Å². The molecule has 1 rings (SSSR count). The van der Waals surface area contributed by atoms with Crippen LogP contribution in [0, 0.1) is 11.3 Å². The number of ether oxygens (including phenoxy) is 1. The molecule has 1 aliphatic rings. The maximum absolute atomic E-state index is 12.2. The Hall–Kier alpha value is -1.59. The van der Waals surface area contributed by atoms with Crippen LogP contribution in [0.3, 0.4) is 0 Å². The lowest BCUT2D eigenvalue weighted by atomic mass is 9.82. The summed E-state index contributed by atoms with van der Waals surface area (Å²) in [5.74, 6) is -1.87. The van der Waals surface area contributed by atoms with Gasteiger partial charge in [0.05, 0.1) is 12.5 Å². The number of rotatable bonds is 7. The number of esters is 1. The molecule has 0 bridgehead atoms. The van der Waals surface area contributed by atoms with E-state index in [9.17, 15) is 19.5 Å². The van der Waals surface area contributed by atoms with Gasteiger partial charge in [-0.1, -0.05) is 33.1 Å². The molecule has 0 saturated heterocycles. The Bertz CT molecular complexity index is 401. The van der Waals surface area contributed by atoms with Crippen LogP contribution in [0.25, 0.3) is 0 Å². The Morgan fingerprint density at radius 1 is 1.29 bits per heavy atom. The van der Waals surface area contributed by atoms with E-state index < -0.39 is 29.3 Å². The second-order valence-corrected chi connectivity index (χ2v) is 5.92. The fourth-order valence-corrected chi connectivity index (χ4v) is 2.85. The number of aliphatic carboxylic acids is 1. The van der Waals surface area contributed by atoms with Crippen molar-refractivity contribution in [2.75, 3.05) is 7.11 Å². The molecule has 0 heterocycles. The second kappa shape index (κ2) is 7.43. The molecule has 1 aliphatic carbocycles. The third-order valence-electron chi connectivity index (χ3n) is 4.50. The van der Waals surface area contributed by atoms with Crippen LogP contribution in [0.15, 0.2) is 0 Å². The number of hydrogen-bond acceptors (Lipinski definition) is 4. The Balaban J connectivity index is 2.73. The van der Waals surface area contributed by atoms with Crippen molar-refractivity contribution < 1.29 is 24.2 Å². The number of carbonyl (C=O) groups is 3. The lowest BCUT2D eigenvalue weighted by Crippen LogP contribution is -2.47. The molecule has 0 aliphatic heterocycles. The van der Waals surface area contributed by atoms with Gasteiger partial charge >= 0.3 is 11.9 Å². The van der Waals surface area contributed by atoms with E-state index in [0.29, 0.717) is 19.3 Å². The summed E-state index contributed by atoms with van der Waals surface area (Å²) in [6.07, 6.45) is 3.32. The lowest BCUT2D eigenvalue weighted by molar-refractivity contribution is -0.152. The van der Waals surface area contributed by atoms with Crippen molar-refractivity contribution in [2.45, 2.75) is 58.4 Å². The number of carboxylic acids is 1. The molecule has 0 spiro atoms. The van der Waals surface area contributed by atoms with Gasteiger partial charge < -0.3 is 15.2 Å². The van der Waals surface area contributed by atoms with Gasteiger partial charge in [-0.2, -0.15) is 0 Å². The first-order chi connectivity index (χ1) is 9.86. The summed E-state index contributed by atoms with van der Waals surface area (Å²) in [5, 5.41) is 12.0. The number of amides is 1. The van der Waals surface area contributed by atoms with Gasteiger partial charge in [-0.05, 0) is 18.8 Å². The fourth-order valence-electron chi connectivity index (χ4n) is 2.85. The van der Waals surface area contributed by atoms with E-state index in [4.69, 9.17) is 4.74 Å². The third-order valence-corrected chi connectivity index (χ3v) is 4.50. The summed E-state index contributed by atoms with van der Waals surface area (Å²) in [4.78, 5) is 35.4. The van der Waals surface area contributed by atoms with Crippen LogP contribution in [-0.2, 0) is 19.1 Å². The molecule has 120 valence electrons. The average Bonchev–Trinajstić information content (AvgIpc) is 2.92. The summed E-state index contributed by atoms with van der Waals surface area (Å²) in [7, 11) is 1.28. The standard InChI is InChI=1S/C15H25NO5/c1-4-10(2)12(13(18)21-3)16-11(17)9-15(14(19)20)7-5-6-8-15/h10,12H,4-9H2,1-3H3,(H,16,17)(H,19,20). The van der Waals surface area contributed by atoms with E-state index in [0.717, 1.165) is 12.8 Å². The predicted octanol–water partition coefficient (Wildman–Crippen LogP) is 1.73. The minimum Gasteiger partial charge on any atom is -0.481 e. The zero-order chi connectivity index (χ0) is 16.0. The first-order valence-electron chi connectivity index (χ1n) is 7.47. The summed E-state index contributed by atoms with van der Waals surface area (Å²) < 4.78 is 4.71. The van der Waals surface area contributed by atoms with Gasteiger partial charge in [0.1, 0.15) is 6.04 Å². The van der Waals surface area contributed by atoms with Gasteiger partial charge in [0, 0.05) is 6.42 Å². The van der Waals surface area contributed by atoms with Crippen LogP contribution in [0.4, 0.5) is 0 Å². The maximum Gasteiger partial charge on any atom is 0.328 e. The zero-order valence-electron chi connectivity index (χ0n) is 13.0. The zero-order valence-corrected chi connectivity index (χ0v) is 13.0. The Morgan fingerprint density at radius 2 is 1.86 bits per heavy atom. The van der Waals surface area contributed by atoms with E-state index in [1.54, 1.807) is 0 Å². The first kappa shape index (κ1) is 17.5. The van der Waals surface area contributed by atoms with E-state index in [-0.39, 0.29) is 12.3 Å². The first-order valence-corrected chi connectivity index (χ1v) is 7.47. The predicted molar refractivity (Wildman–Crippen MR) is 76.6 cm³/mol. The molecular formula is C15H25NO5. The van der Waals surface area contributed by atoms with Gasteiger partial charge in [0.15, 0.2) is 0 Å². The smallest absolute Gasteiger partial charge is 0.328 e. The quantitative estimate of drug-likeness (QED) is 0.698. The average molecular weight is 299 g/mol. The van der Waals surface area contributed by atoms with Crippen LogP contribution in [0.1, 0.15) is 52.4 Å². The molecule has 0 aromatic heterocycles. The monoisotopic (exact) mass is 299 g/mol. The molecule has 21 heavy (non-hydrogen) atoms. The van der Waals surface area contributed by atoms with Crippen molar-refractivity contribution in [3.05, 3.63) is 0 Å².